The molecule has 0 N–H and O–H groups in total. The first-order valence-electron chi connectivity index (χ1n) is 7.15. The molecular formula is C16H9ClN6O2S. The standard InChI is InChI=1S/C16H9ClN6O2S/c17-12-3-7-13(8-4-12)22-16(19-20-21-22)26-15(9-10-18)11-1-5-14(6-2-11)23(24)25/h1-9H/b15-9+. The molecule has 0 saturated heterocycles. The zero-order valence-electron chi connectivity index (χ0n) is 13.0. The summed E-state index contributed by atoms with van der Waals surface area (Å²) >= 11 is 7.07. The Bertz CT molecular complexity index is 1010. The fraction of sp³-hybridized carbons (Fsp3) is 0. The summed E-state index contributed by atoms with van der Waals surface area (Å²) in [5, 5.41) is 32.5. The Morgan fingerprint density at radius 3 is 2.54 bits per heavy atom. The van der Waals surface area contributed by atoms with Gasteiger partial charge in [-0.25, -0.2) is 0 Å². The Balaban J connectivity index is 1.92. The summed E-state index contributed by atoms with van der Waals surface area (Å²) in [4.78, 5) is 10.9. The third kappa shape index (κ3) is 3.88. The summed E-state index contributed by atoms with van der Waals surface area (Å²) in [5.41, 5.74) is 1.33. The smallest absolute Gasteiger partial charge is 0.258 e. The van der Waals surface area contributed by atoms with Crippen LogP contribution in [0.1, 0.15) is 5.56 Å². The summed E-state index contributed by atoms with van der Waals surface area (Å²) in [6.45, 7) is 0. The number of nitrogens with zero attached hydrogens (tertiary/aromatic N) is 6. The van der Waals surface area contributed by atoms with Crippen LogP contribution in [0, 0.1) is 21.4 Å². The largest absolute Gasteiger partial charge is 0.269 e. The van der Waals surface area contributed by atoms with E-state index in [-0.39, 0.29) is 5.69 Å². The van der Waals surface area contributed by atoms with Crippen LogP contribution in [0.2, 0.25) is 5.02 Å². The molecule has 0 spiro atoms. The second-order valence-electron chi connectivity index (χ2n) is 4.89. The molecule has 0 bridgehead atoms. The number of nitro groups is 1. The van der Waals surface area contributed by atoms with Crippen LogP contribution in [0.4, 0.5) is 5.69 Å². The minimum absolute atomic E-state index is 0.0268. The highest BCUT2D eigenvalue weighted by Gasteiger charge is 2.14. The summed E-state index contributed by atoms with van der Waals surface area (Å²) in [5.74, 6) is 0. The number of nitriles is 1. The van der Waals surface area contributed by atoms with Crippen molar-refractivity contribution in [3.63, 3.8) is 0 Å². The molecule has 2 aromatic carbocycles. The van der Waals surface area contributed by atoms with E-state index in [1.807, 2.05) is 6.07 Å². The predicted octanol–water partition coefficient (Wildman–Crippen LogP) is 3.88. The van der Waals surface area contributed by atoms with E-state index >= 15 is 0 Å². The van der Waals surface area contributed by atoms with Gasteiger partial charge in [-0.1, -0.05) is 11.6 Å². The van der Waals surface area contributed by atoms with Gasteiger partial charge >= 0.3 is 0 Å². The molecule has 0 aliphatic heterocycles. The van der Waals surface area contributed by atoms with Crippen molar-refractivity contribution >= 4 is 34.0 Å². The zero-order valence-corrected chi connectivity index (χ0v) is 14.6. The summed E-state index contributed by atoms with van der Waals surface area (Å²) in [7, 11) is 0. The van der Waals surface area contributed by atoms with Crippen molar-refractivity contribution in [1.29, 1.82) is 5.26 Å². The quantitative estimate of drug-likeness (QED) is 0.284. The molecule has 128 valence electrons. The normalized spacial score (nSPS) is 11.2. The third-order valence-electron chi connectivity index (χ3n) is 3.27. The molecule has 0 atom stereocenters. The minimum Gasteiger partial charge on any atom is -0.258 e. The number of hydrogen-bond acceptors (Lipinski definition) is 7. The second kappa shape index (κ2) is 7.77. The van der Waals surface area contributed by atoms with Gasteiger partial charge in [-0.05, 0) is 64.2 Å². The minimum atomic E-state index is -0.480. The van der Waals surface area contributed by atoms with Gasteiger partial charge in [0.15, 0.2) is 0 Å². The van der Waals surface area contributed by atoms with E-state index in [0.717, 1.165) is 0 Å². The molecule has 0 unspecified atom stereocenters. The van der Waals surface area contributed by atoms with Gasteiger partial charge in [0.05, 0.1) is 16.7 Å². The number of benzene rings is 2. The number of allylic oxidation sites excluding steroid dienone is 1. The molecule has 0 aliphatic rings. The molecule has 3 rings (SSSR count). The van der Waals surface area contributed by atoms with E-state index in [9.17, 15) is 10.1 Å². The van der Waals surface area contributed by atoms with Crippen LogP contribution < -0.4 is 0 Å². The van der Waals surface area contributed by atoms with Crippen LogP contribution in [0.3, 0.4) is 0 Å². The zero-order chi connectivity index (χ0) is 18.5. The van der Waals surface area contributed by atoms with Crippen molar-refractivity contribution < 1.29 is 4.92 Å². The lowest BCUT2D eigenvalue weighted by Gasteiger charge is -2.07. The van der Waals surface area contributed by atoms with Gasteiger partial charge in [0.25, 0.3) is 5.69 Å². The Labute approximate surface area is 156 Å². The van der Waals surface area contributed by atoms with E-state index in [0.29, 0.717) is 26.3 Å². The van der Waals surface area contributed by atoms with Gasteiger partial charge in [0.2, 0.25) is 5.16 Å². The third-order valence-corrected chi connectivity index (χ3v) is 4.53. The van der Waals surface area contributed by atoms with Gasteiger partial charge in [-0.3, -0.25) is 10.1 Å². The average molecular weight is 385 g/mol. The van der Waals surface area contributed by atoms with Gasteiger partial charge in [0, 0.05) is 28.1 Å². The van der Waals surface area contributed by atoms with Crippen LogP contribution in [0.15, 0.2) is 59.8 Å². The average Bonchev–Trinajstić information content (AvgIpc) is 3.10. The fourth-order valence-corrected chi connectivity index (χ4v) is 3.06. The fourth-order valence-electron chi connectivity index (χ4n) is 2.06. The molecule has 1 heterocycles. The lowest BCUT2D eigenvalue weighted by atomic mass is 10.2. The molecular weight excluding hydrogens is 376 g/mol. The second-order valence-corrected chi connectivity index (χ2v) is 6.34. The Morgan fingerprint density at radius 1 is 1.23 bits per heavy atom. The first-order chi connectivity index (χ1) is 12.6. The first-order valence-corrected chi connectivity index (χ1v) is 8.34. The number of non-ortho nitro benzene ring substituents is 1. The van der Waals surface area contributed by atoms with Crippen LogP contribution >= 0.6 is 23.4 Å². The van der Waals surface area contributed by atoms with Crippen molar-refractivity contribution in [2.75, 3.05) is 0 Å². The van der Waals surface area contributed by atoms with E-state index < -0.39 is 4.92 Å². The van der Waals surface area contributed by atoms with E-state index in [4.69, 9.17) is 16.9 Å². The number of tetrazole rings is 1. The summed E-state index contributed by atoms with van der Waals surface area (Å²) in [6, 6.07) is 14.8. The van der Waals surface area contributed by atoms with E-state index in [1.165, 1.54) is 34.7 Å². The van der Waals surface area contributed by atoms with Crippen molar-refractivity contribution in [3.8, 4) is 11.8 Å². The SMILES string of the molecule is N#C/C=C(/Sc1nnnn1-c1ccc(Cl)cc1)c1ccc([N+](=O)[O-])cc1. The highest BCUT2D eigenvalue weighted by Crippen LogP contribution is 2.34. The van der Waals surface area contributed by atoms with E-state index in [2.05, 4.69) is 15.5 Å². The Morgan fingerprint density at radius 2 is 1.92 bits per heavy atom. The lowest BCUT2D eigenvalue weighted by molar-refractivity contribution is -0.384. The Hall–Kier alpha value is -3.22. The number of nitro benzene ring substituents is 1. The summed E-state index contributed by atoms with van der Waals surface area (Å²) < 4.78 is 1.51. The number of thioether (sulfide) groups is 1. The molecule has 26 heavy (non-hydrogen) atoms. The van der Waals surface area contributed by atoms with Crippen molar-refractivity contribution in [2.24, 2.45) is 0 Å². The number of aromatic nitrogens is 4. The van der Waals surface area contributed by atoms with Crippen molar-refractivity contribution in [1.82, 2.24) is 20.2 Å². The number of rotatable bonds is 5. The molecule has 0 saturated carbocycles. The predicted molar refractivity (Wildman–Crippen MR) is 96.7 cm³/mol. The van der Waals surface area contributed by atoms with Crippen LogP contribution in [0.25, 0.3) is 10.6 Å². The van der Waals surface area contributed by atoms with Gasteiger partial charge in [0.1, 0.15) is 0 Å². The molecule has 0 aliphatic carbocycles. The van der Waals surface area contributed by atoms with Crippen LogP contribution in [0.5, 0.6) is 0 Å². The Kier molecular flexibility index (Phi) is 5.26. The van der Waals surface area contributed by atoms with Gasteiger partial charge < -0.3 is 0 Å². The maximum atomic E-state index is 10.8. The number of hydrogen-bond donors (Lipinski definition) is 0. The highest BCUT2D eigenvalue weighted by atomic mass is 35.5. The molecule has 8 nitrogen and oxygen atoms in total. The number of halogens is 1. The van der Waals surface area contributed by atoms with E-state index in [1.54, 1.807) is 36.4 Å². The molecule has 1 aromatic heterocycles. The molecule has 0 radical (unpaired) electrons. The van der Waals surface area contributed by atoms with Crippen molar-refractivity contribution in [3.05, 3.63) is 75.3 Å². The van der Waals surface area contributed by atoms with Gasteiger partial charge in [-0.15, -0.1) is 5.10 Å². The van der Waals surface area contributed by atoms with Crippen molar-refractivity contribution in [2.45, 2.75) is 5.16 Å². The lowest BCUT2D eigenvalue weighted by Crippen LogP contribution is -1.98. The van der Waals surface area contributed by atoms with Crippen LogP contribution in [-0.2, 0) is 0 Å². The summed E-state index contributed by atoms with van der Waals surface area (Å²) in [6.07, 6.45) is 1.34. The molecule has 3 aromatic rings. The first kappa shape index (κ1) is 17.6. The molecule has 10 heteroatoms. The topological polar surface area (TPSA) is 111 Å². The highest BCUT2D eigenvalue weighted by molar-refractivity contribution is 8.08. The van der Waals surface area contributed by atoms with Crippen LogP contribution in [-0.4, -0.2) is 25.1 Å². The maximum absolute atomic E-state index is 10.8. The monoisotopic (exact) mass is 384 g/mol. The molecule has 0 fully saturated rings. The maximum Gasteiger partial charge on any atom is 0.269 e. The molecule has 0 amide bonds. The van der Waals surface area contributed by atoms with Gasteiger partial charge in [-0.2, -0.15) is 9.94 Å².